The van der Waals surface area contributed by atoms with E-state index < -0.39 is 41.6 Å². The first-order valence-corrected chi connectivity index (χ1v) is 14.6. The number of nitrogens with one attached hydrogen (secondary N) is 4. The number of ketones is 1. The number of fused-ring (bicyclic) bond motifs is 1. The molecule has 1 aromatic heterocycles. The average molecular weight is 597 g/mol. The second-order valence-electron chi connectivity index (χ2n) is 11.2. The molecule has 0 saturated carbocycles. The molecule has 10 heteroatoms. The first kappa shape index (κ1) is 30.5. The summed E-state index contributed by atoms with van der Waals surface area (Å²) in [7, 11) is 0. The highest BCUT2D eigenvalue weighted by Crippen LogP contribution is 2.29. The van der Waals surface area contributed by atoms with Gasteiger partial charge in [0.25, 0.3) is 0 Å². The molecule has 5 rings (SSSR count). The number of amides is 3. The Morgan fingerprint density at radius 3 is 2.11 bits per heavy atom. The van der Waals surface area contributed by atoms with E-state index >= 15 is 0 Å². The molecule has 1 aliphatic rings. The Balaban J connectivity index is 1.31. The van der Waals surface area contributed by atoms with Crippen LogP contribution in [0.1, 0.15) is 30.5 Å². The molecule has 3 amide bonds. The highest BCUT2D eigenvalue weighted by Gasteiger charge is 2.50. The van der Waals surface area contributed by atoms with E-state index in [0.29, 0.717) is 0 Å². The molecule has 4 aromatic rings. The molecule has 3 unspecified atom stereocenters. The van der Waals surface area contributed by atoms with Gasteiger partial charge < -0.3 is 30.4 Å². The maximum atomic E-state index is 13.9. The molecule has 228 valence electrons. The molecule has 1 aliphatic heterocycles. The molecule has 0 radical (unpaired) electrons. The predicted octanol–water partition coefficient (Wildman–Crippen LogP) is 3.60. The Kier molecular flexibility index (Phi) is 9.40. The van der Waals surface area contributed by atoms with E-state index in [1.165, 1.54) is 6.92 Å². The lowest BCUT2D eigenvalue weighted by Gasteiger charge is -2.25. The first-order valence-electron chi connectivity index (χ1n) is 14.6. The van der Waals surface area contributed by atoms with E-state index in [0.717, 1.165) is 27.6 Å². The number of alkyl carbamates (subject to hydrolysis) is 1. The Bertz CT molecular complexity index is 1620. The van der Waals surface area contributed by atoms with Crippen molar-refractivity contribution in [3.8, 4) is 0 Å². The van der Waals surface area contributed by atoms with E-state index in [4.69, 9.17) is 9.47 Å². The number of benzene rings is 3. The maximum absolute atomic E-state index is 13.9. The molecule has 10 nitrogen and oxygen atoms in total. The standard InChI is InChI=1S/C34H36N4O6/c1-22(36-33(42)43-20-24-13-7-4-8-14-24)31(40)38-29(18-25-19-35-27-16-10-9-15-26(25)27)32(41)37-28(30(39)34(2)21-44-34)17-23-11-5-3-6-12-23/h3-16,19,22,28-29,35H,17-18,20-21H2,1-2H3,(H,36,42)(H,37,41)(H,38,40)/t22?,28?,29-,34?/m0/s1. The van der Waals surface area contributed by atoms with Gasteiger partial charge in [0, 0.05) is 23.5 Å². The highest BCUT2D eigenvalue weighted by atomic mass is 16.6. The van der Waals surface area contributed by atoms with Crippen molar-refractivity contribution in [2.75, 3.05) is 6.61 Å². The van der Waals surface area contributed by atoms with Gasteiger partial charge in [-0.15, -0.1) is 0 Å². The van der Waals surface area contributed by atoms with Crippen LogP contribution in [0, 0.1) is 0 Å². The third-order valence-corrected chi connectivity index (χ3v) is 7.69. The molecular formula is C34H36N4O6. The number of aromatic nitrogens is 1. The predicted molar refractivity (Wildman–Crippen MR) is 165 cm³/mol. The highest BCUT2D eigenvalue weighted by molar-refractivity contribution is 5.98. The molecule has 1 saturated heterocycles. The summed E-state index contributed by atoms with van der Waals surface area (Å²) in [6.07, 6.45) is 1.45. The summed E-state index contributed by atoms with van der Waals surface area (Å²) < 4.78 is 10.7. The zero-order valence-electron chi connectivity index (χ0n) is 24.7. The number of carbonyl (C=O) groups is 4. The number of carbonyl (C=O) groups excluding carboxylic acids is 4. The minimum atomic E-state index is -1.05. The van der Waals surface area contributed by atoms with Gasteiger partial charge in [0.05, 0.1) is 12.6 Å². The van der Waals surface area contributed by atoms with Gasteiger partial charge >= 0.3 is 6.09 Å². The number of aromatic amines is 1. The minimum Gasteiger partial charge on any atom is -0.445 e. The number of ether oxygens (including phenoxy) is 2. The van der Waals surface area contributed by atoms with Crippen LogP contribution in [0.2, 0.25) is 0 Å². The van der Waals surface area contributed by atoms with Crippen molar-refractivity contribution in [1.29, 1.82) is 0 Å². The summed E-state index contributed by atoms with van der Waals surface area (Å²) in [5, 5.41) is 9.10. The smallest absolute Gasteiger partial charge is 0.408 e. The number of H-pyrrole nitrogens is 1. The van der Waals surface area contributed by atoms with Gasteiger partial charge in [-0.3, -0.25) is 14.4 Å². The van der Waals surface area contributed by atoms with Crippen LogP contribution in [0.5, 0.6) is 0 Å². The van der Waals surface area contributed by atoms with Crippen LogP contribution in [0.4, 0.5) is 4.79 Å². The zero-order valence-corrected chi connectivity index (χ0v) is 24.7. The Labute approximate surface area is 255 Å². The normalized spacial score (nSPS) is 17.6. The Hall–Kier alpha value is -4.96. The molecule has 44 heavy (non-hydrogen) atoms. The molecule has 2 heterocycles. The van der Waals surface area contributed by atoms with Gasteiger partial charge in [-0.25, -0.2) is 4.79 Å². The lowest BCUT2D eigenvalue weighted by atomic mass is 9.94. The van der Waals surface area contributed by atoms with Gasteiger partial charge in [-0.05, 0) is 43.0 Å². The van der Waals surface area contributed by atoms with E-state index in [-0.39, 0.29) is 31.8 Å². The third kappa shape index (κ3) is 7.70. The largest absolute Gasteiger partial charge is 0.445 e. The second kappa shape index (κ2) is 13.6. The average Bonchev–Trinajstić information content (AvgIpc) is 3.67. The Morgan fingerprint density at radius 1 is 0.818 bits per heavy atom. The number of para-hydroxylation sites is 1. The number of hydrogen-bond donors (Lipinski definition) is 4. The summed E-state index contributed by atoms with van der Waals surface area (Å²) in [5.74, 6) is -1.34. The van der Waals surface area contributed by atoms with Crippen molar-refractivity contribution in [2.45, 2.75) is 57.0 Å². The quantitative estimate of drug-likeness (QED) is 0.174. The number of rotatable bonds is 13. The SMILES string of the molecule is CC(NC(=O)OCc1ccccc1)C(=O)N[C@@H](Cc1c[nH]c2ccccc12)C(=O)NC(Cc1ccccc1)C(=O)C1(C)CO1. The number of epoxide rings is 1. The lowest BCUT2D eigenvalue weighted by molar-refractivity contribution is -0.133. The summed E-state index contributed by atoms with van der Waals surface area (Å²) in [6.45, 7) is 3.54. The third-order valence-electron chi connectivity index (χ3n) is 7.69. The summed E-state index contributed by atoms with van der Waals surface area (Å²) in [5.41, 5.74) is 2.42. The monoisotopic (exact) mass is 596 g/mol. The minimum absolute atomic E-state index is 0.0477. The van der Waals surface area contributed by atoms with Crippen LogP contribution in [0.15, 0.2) is 91.1 Å². The second-order valence-corrected chi connectivity index (χ2v) is 11.2. The van der Waals surface area contributed by atoms with E-state index in [2.05, 4.69) is 20.9 Å². The molecule has 4 atom stereocenters. The van der Waals surface area contributed by atoms with Gasteiger partial charge in [0.15, 0.2) is 5.78 Å². The topological polar surface area (TPSA) is 142 Å². The van der Waals surface area contributed by atoms with Crippen molar-refractivity contribution in [3.63, 3.8) is 0 Å². The fourth-order valence-corrected chi connectivity index (χ4v) is 4.98. The van der Waals surface area contributed by atoms with Crippen molar-refractivity contribution >= 4 is 34.6 Å². The van der Waals surface area contributed by atoms with Gasteiger partial charge in [0.2, 0.25) is 11.8 Å². The van der Waals surface area contributed by atoms with Crippen molar-refractivity contribution in [2.24, 2.45) is 0 Å². The van der Waals surface area contributed by atoms with Crippen LogP contribution < -0.4 is 16.0 Å². The molecule has 4 N–H and O–H groups in total. The van der Waals surface area contributed by atoms with Crippen LogP contribution in [-0.4, -0.2) is 59.0 Å². The zero-order chi connectivity index (χ0) is 31.1. The van der Waals surface area contributed by atoms with E-state index in [1.807, 2.05) is 84.9 Å². The number of hydrogen-bond acceptors (Lipinski definition) is 6. The summed E-state index contributed by atoms with van der Waals surface area (Å²) in [6, 6.07) is 23.3. The molecule has 0 bridgehead atoms. The van der Waals surface area contributed by atoms with Crippen molar-refractivity contribution in [3.05, 3.63) is 108 Å². The van der Waals surface area contributed by atoms with Gasteiger partial charge in [-0.2, -0.15) is 0 Å². The number of Topliss-reactive ketones (excluding diaryl/α,β-unsaturated/α-hetero) is 1. The first-order chi connectivity index (χ1) is 21.2. The van der Waals surface area contributed by atoms with Crippen LogP contribution >= 0.6 is 0 Å². The van der Waals surface area contributed by atoms with E-state index in [9.17, 15) is 19.2 Å². The molecule has 1 fully saturated rings. The molecule has 3 aromatic carbocycles. The molecule has 0 aliphatic carbocycles. The van der Waals surface area contributed by atoms with Crippen LogP contribution in [0.25, 0.3) is 10.9 Å². The fourth-order valence-electron chi connectivity index (χ4n) is 4.98. The van der Waals surface area contributed by atoms with Crippen LogP contribution in [0.3, 0.4) is 0 Å². The fraction of sp³-hybridized carbons (Fsp3) is 0.294. The van der Waals surface area contributed by atoms with Gasteiger partial charge in [0.1, 0.15) is 24.3 Å². The maximum Gasteiger partial charge on any atom is 0.408 e. The van der Waals surface area contributed by atoms with Crippen molar-refractivity contribution < 1.29 is 28.7 Å². The molecular weight excluding hydrogens is 560 g/mol. The summed E-state index contributed by atoms with van der Waals surface area (Å²) in [4.78, 5) is 56.1. The summed E-state index contributed by atoms with van der Waals surface area (Å²) >= 11 is 0. The molecule has 0 spiro atoms. The van der Waals surface area contributed by atoms with Crippen molar-refractivity contribution in [1.82, 2.24) is 20.9 Å². The van der Waals surface area contributed by atoms with E-state index in [1.54, 1.807) is 13.1 Å². The Morgan fingerprint density at radius 2 is 1.43 bits per heavy atom. The van der Waals surface area contributed by atoms with Gasteiger partial charge in [-0.1, -0.05) is 78.9 Å². The van der Waals surface area contributed by atoms with Crippen LogP contribution in [-0.2, 0) is 43.3 Å². The lowest BCUT2D eigenvalue weighted by Crippen LogP contribution is -2.57.